The normalized spacial score (nSPS) is 16.3. The molecule has 0 radical (unpaired) electrons. The van der Waals surface area contributed by atoms with Crippen molar-refractivity contribution >= 4 is 23.1 Å². The zero-order valence-electron chi connectivity index (χ0n) is 14.7. The van der Waals surface area contributed by atoms with Gasteiger partial charge in [0.25, 0.3) is 0 Å². The Bertz CT molecular complexity index is 775. The number of aryl methyl sites for hydroxylation is 1. The lowest BCUT2D eigenvalue weighted by atomic mass is 10.2. The molecule has 0 aliphatic carbocycles. The predicted molar refractivity (Wildman–Crippen MR) is 97.2 cm³/mol. The quantitative estimate of drug-likeness (QED) is 0.573. The van der Waals surface area contributed by atoms with Crippen molar-refractivity contribution in [3.8, 4) is 5.75 Å². The first-order valence-electron chi connectivity index (χ1n) is 8.36. The van der Waals surface area contributed by atoms with Crippen LogP contribution >= 0.6 is 0 Å². The standard InChI is InChI=1S/C17H21N5O4/c1-11-15(22(23)24)16(20-12-5-7-13(25-2)8-6-12)21-17(19-11)18-10-14-4-3-9-26-14/h5-8,14H,3-4,9-10H2,1-2H3,(H2,18,19,20,21). The van der Waals surface area contributed by atoms with Gasteiger partial charge in [-0.15, -0.1) is 0 Å². The molecule has 0 spiro atoms. The second-order valence-corrected chi connectivity index (χ2v) is 5.96. The van der Waals surface area contributed by atoms with Crippen molar-refractivity contribution in [2.75, 3.05) is 30.9 Å². The first-order chi connectivity index (χ1) is 12.6. The average Bonchev–Trinajstić information content (AvgIpc) is 3.13. The summed E-state index contributed by atoms with van der Waals surface area (Å²) in [4.78, 5) is 19.5. The second kappa shape index (κ2) is 7.96. The minimum absolute atomic E-state index is 0.118. The van der Waals surface area contributed by atoms with Gasteiger partial charge in [0.2, 0.25) is 11.8 Å². The molecule has 2 heterocycles. The number of methoxy groups -OCH3 is 1. The molecule has 1 atom stereocenters. The summed E-state index contributed by atoms with van der Waals surface area (Å²) in [5.74, 6) is 1.17. The first kappa shape index (κ1) is 17.9. The molecule has 1 aliphatic heterocycles. The molecule has 0 amide bonds. The predicted octanol–water partition coefficient (Wildman–Crippen LogP) is 3.04. The van der Waals surface area contributed by atoms with E-state index in [1.54, 1.807) is 38.3 Å². The van der Waals surface area contributed by atoms with E-state index in [1.807, 2.05) is 0 Å². The fourth-order valence-corrected chi connectivity index (χ4v) is 2.77. The van der Waals surface area contributed by atoms with Gasteiger partial charge >= 0.3 is 5.69 Å². The number of anilines is 3. The molecule has 0 bridgehead atoms. The van der Waals surface area contributed by atoms with Crippen molar-refractivity contribution in [1.82, 2.24) is 9.97 Å². The zero-order chi connectivity index (χ0) is 18.5. The van der Waals surface area contributed by atoms with Crippen molar-refractivity contribution < 1.29 is 14.4 Å². The number of nitrogens with zero attached hydrogens (tertiary/aromatic N) is 3. The minimum Gasteiger partial charge on any atom is -0.497 e. The number of hydrogen-bond acceptors (Lipinski definition) is 8. The van der Waals surface area contributed by atoms with Crippen LogP contribution in [0.3, 0.4) is 0 Å². The van der Waals surface area contributed by atoms with Gasteiger partial charge in [0.15, 0.2) is 0 Å². The number of benzene rings is 1. The van der Waals surface area contributed by atoms with Gasteiger partial charge < -0.3 is 20.1 Å². The lowest BCUT2D eigenvalue weighted by Gasteiger charge is -2.13. The summed E-state index contributed by atoms with van der Waals surface area (Å²) in [5, 5.41) is 17.5. The zero-order valence-corrected chi connectivity index (χ0v) is 14.7. The van der Waals surface area contributed by atoms with E-state index in [4.69, 9.17) is 9.47 Å². The van der Waals surface area contributed by atoms with Crippen LogP contribution in [0.5, 0.6) is 5.75 Å². The van der Waals surface area contributed by atoms with E-state index in [1.165, 1.54) is 0 Å². The summed E-state index contributed by atoms with van der Waals surface area (Å²) in [6.07, 6.45) is 2.14. The number of hydrogen-bond donors (Lipinski definition) is 2. The second-order valence-electron chi connectivity index (χ2n) is 5.96. The summed E-state index contributed by atoms with van der Waals surface area (Å²) in [6.45, 7) is 2.92. The van der Waals surface area contributed by atoms with Crippen LogP contribution in [0, 0.1) is 17.0 Å². The van der Waals surface area contributed by atoms with Crippen molar-refractivity contribution in [1.29, 1.82) is 0 Å². The van der Waals surface area contributed by atoms with Gasteiger partial charge in [0.05, 0.1) is 18.1 Å². The van der Waals surface area contributed by atoms with Crippen LogP contribution in [-0.4, -0.2) is 41.3 Å². The smallest absolute Gasteiger partial charge is 0.332 e. The highest BCUT2D eigenvalue weighted by Crippen LogP contribution is 2.30. The van der Waals surface area contributed by atoms with Crippen molar-refractivity contribution in [2.45, 2.75) is 25.9 Å². The Balaban J connectivity index is 1.83. The van der Waals surface area contributed by atoms with E-state index in [0.29, 0.717) is 23.9 Å². The Hall–Kier alpha value is -2.94. The Morgan fingerprint density at radius 2 is 2.12 bits per heavy atom. The van der Waals surface area contributed by atoms with Gasteiger partial charge in [-0.1, -0.05) is 0 Å². The highest BCUT2D eigenvalue weighted by Gasteiger charge is 2.23. The summed E-state index contributed by atoms with van der Waals surface area (Å²) < 4.78 is 10.7. The van der Waals surface area contributed by atoms with Crippen LogP contribution in [0.2, 0.25) is 0 Å². The number of aromatic nitrogens is 2. The van der Waals surface area contributed by atoms with Gasteiger partial charge in [-0.05, 0) is 44.0 Å². The Labute approximate surface area is 150 Å². The highest BCUT2D eigenvalue weighted by atomic mass is 16.6. The van der Waals surface area contributed by atoms with Gasteiger partial charge in [-0.2, -0.15) is 4.98 Å². The largest absolute Gasteiger partial charge is 0.497 e. The van der Waals surface area contributed by atoms with Crippen molar-refractivity contribution in [3.63, 3.8) is 0 Å². The Morgan fingerprint density at radius 1 is 1.35 bits per heavy atom. The Morgan fingerprint density at radius 3 is 2.73 bits per heavy atom. The van der Waals surface area contributed by atoms with E-state index in [9.17, 15) is 10.1 Å². The molecule has 2 N–H and O–H groups in total. The molecule has 9 nitrogen and oxygen atoms in total. The number of nitrogens with one attached hydrogen (secondary N) is 2. The fourth-order valence-electron chi connectivity index (χ4n) is 2.77. The third-order valence-corrected chi connectivity index (χ3v) is 4.11. The molecule has 1 aromatic carbocycles. The van der Waals surface area contributed by atoms with Gasteiger partial charge in [0.1, 0.15) is 11.4 Å². The molecule has 2 aromatic rings. The fraction of sp³-hybridized carbons (Fsp3) is 0.412. The van der Waals surface area contributed by atoms with Crippen LogP contribution in [0.4, 0.5) is 23.1 Å². The van der Waals surface area contributed by atoms with Gasteiger partial charge in [-0.25, -0.2) is 4.98 Å². The number of ether oxygens (including phenoxy) is 2. The van der Waals surface area contributed by atoms with Crippen LogP contribution in [0.25, 0.3) is 0 Å². The van der Waals surface area contributed by atoms with E-state index in [-0.39, 0.29) is 23.3 Å². The molecule has 138 valence electrons. The lowest BCUT2D eigenvalue weighted by molar-refractivity contribution is -0.385. The minimum atomic E-state index is -0.481. The van der Waals surface area contributed by atoms with Crippen molar-refractivity contribution in [3.05, 3.63) is 40.1 Å². The number of nitro groups is 1. The van der Waals surface area contributed by atoms with Crippen LogP contribution in [-0.2, 0) is 4.74 Å². The molecule has 1 unspecified atom stereocenters. The van der Waals surface area contributed by atoms with Gasteiger partial charge in [-0.3, -0.25) is 10.1 Å². The van der Waals surface area contributed by atoms with E-state index < -0.39 is 4.92 Å². The maximum absolute atomic E-state index is 11.4. The SMILES string of the molecule is COc1ccc(Nc2nc(NCC3CCCO3)nc(C)c2[N+](=O)[O-])cc1. The molecule has 1 aliphatic rings. The molecule has 1 aromatic heterocycles. The maximum atomic E-state index is 11.4. The van der Waals surface area contributed by atoms with Crippen molar-refractivity contribution in [2.24, 2.45) is 0 Å². The summed E-state index contributed by atoms with van der Waals surface area (Å²) in [7, 11) is 1.58. The first-order valence-corrected chi connectivity index (χ1v) is 8.36. The Kier molecular flexibility index (Phi) is 5.47. The maximum Gasteiger partial charge on any atom is 0.332 e. The molecule has 0 saturated carbocycles. The summed E-state index contributed by atoms with van der Waals surface area (Å²) in [5.41, 5.74) is 0.802. The molecular weight excluding hydrogens is 338 g/mol. The van der Waals surface area contributed by atoms with E-state index in [0.717, 1.165) is 19.4 Å². The third-order valence-electron chi connectivity index (χ3n) is 4.11. The molecule has 1 saturated heterocycles. The molecule has 3 rings (SSSR count). The van der Waals surface area contributed by atoms with Crippen LogP contribution in [0.1, 0.15) is 18.5 Å². The van der Waals surface area contributed by atoms with Crippen LogP contribution in [0.15, 0.2) is 24.3 Å². The monoisotopic (exact) mass is 359 g/mol. The molecule has 26 heavy (non-hydrogen) atoms. The molecular formula is C17H21N5O4. The van der Waals surface area contributed by atoms with Crippen LogP contribution < -0.4 is 15.4 Å². The third kappa shape index (κ3) is 4.17. The summed E-state index contributed by atoms with van der Waals surface area (Å²) >= 11 is 0. The highest BCUT2D eigenvalue weighted by molar-refractivity contribution is 5.68. The van der Waals surface area contributed by atoms with E-state index in [2.05, 4.69) is 20.6 Å². The number of rotatable bonds is 7. The van der Waals surface area contributed by atoms with Gasteiger partial charge in [0, 0.05) is 18.8 Å². The topological polar surface area (TPSA) is 111 Å². The summed E-state index contributed by atoms with van der Waals surface area (Å²) in [6, 6.07) is 7.05. The molecule has 9 heteroatoms. The average molecular weight is 359 g/mol. The molecule has 1 fully saturated rings. The van der Waals surface area contributed by atoms with E-state index >= 15 is 0 Å². The lowest BCUT2D eigenvalue weighted by Crippen LogP contribution is -2.20.